The number of likely N-dealkylation sites (N-methyl/N-ethyl adjacent to an activating group) is 1. The summed E-state index contributed by atoms with van der Waals surface area (Å²) in [6, 6.07) is 0.915. The Bertz CT molecular complexity index is 382. The molecule has 0 spiro atoms. The molecule has 0 saturated carbocycles. The van der Waals surface area contributed by atoms with Crippen LogP contribution in [0, 0.1) is 5.92 Å². The Morgan fingerprint density at radius 2 is 1.62 bits per heavy atom. The van der Waals surface area contributed by atoms with E-state index in [1.54, 1.807) is 0 Å². The van der Waals surface area contributed by atoms with Crippen molar-refractivity contribution in [2.75, 3.05) is 39.8 Å². The summed E-state index contributed by atoms with van der Waals surface area (Å²) in [6.07, 6.45) is 1.16. The van der Waals surface area contributed by atoms with Gasteiger partial charge < -0.3 is 10.0 Å². The Morgan fingerprint density at radius 3 is 2.10 bits per heavy atom. The minimum absolute atomic E-state index is 0.141. The highest BCUT2D eigenvalue weighted by Gasteiger charge is 2.31. The van der Waals surface area contributed by atoms with Crippen molar-refractivity contribution in [3.05, 3.63) is 0 Å². The number of carboxylic acids is 1. The highest BCUT2D eigenvalue weighted by molar-refractivity contribution is 5.79. The van der Waals surface area contributed by atoms with E-state index >= 15 is 0 Å². The molecule has 1 amide bonds. The summed E-state index contributed by atoms with van der Waals surface area (Å²) < 4.78 is 0. The van der Waals surface area contributed by atoms with Crippen LogP contribution >= 0.6 is 0 Å². The summed E-state index contributed by atoms with van der Waals surface area (Å²) in [5.41, 5.74) is 0. The van der Waals surface area contributed by atoms with Crippen LogP contribution in [0.3, 0.4) is 0 Å². The third-order valence-electron chi connectivity index (χ3n) is 4.99. The van der Waals surface area contributed by atoms with Crippen LogP contribution in [0.2, 0.25) is 0 Å². The standard InChI is InChI=1S/C15H27N3O3/c1-11-8-17(9-12(2)16(11)3)10-14(19)18-6-4-13(5-7-18)15(20)21/h11-13H,4-10H2,1-3H3,(H,20,21). The number of carboxylic acid groups (broad SMARTS) is 1. The molecule has 2 saturated heterocycles. The second-order valence-corrected chi connectivity index (χ2v) is 6.55. The van der Waals surface area contributed by atoms with Crippen LogP contribution in [0.5, 0.6) is 0 Å². The van der Waals surface area contributed by atoms with E-state index in [0.29, 0.717) is 44.6 Å². The van der Waals surface area contributed by atoms with Crippen LogP contribution in [0.25, 0.3) is 0 Å². The van der Waals surface area contributed by atoms with Crippen LogP contribution in [0.4, 0.5) is 0 Å². The maximum atomic E-state index is 12.4. The molecular formula is C15H27N3O3. The number of carbonyl (C=O) groups excluding carboxylic acids is 1. The highest BCUT2D eigenvalue weighted by Crippen LogP contribution is 2.18. The summed E-state index contributed by atoms with van der Waals surface area (Å²) in [7, 11) is 2.13. The number of rotatable bonds is 3. The lowest BCUT2D eigenvalue weighted by atomic mass is 9.97. The van der Waals surface area contributed by atoms with Crippen molar-refractivity contribution in [1.29, 1.82) is 0 Å². The first-order chi connectivity index (χ1) is 9.88. The summed E-state index contributed by atoms with van der Waals surface area (Å²) in [4.78, 5) is 29.7. The predicted molar refractivity (Wildman–Crippen MR) is 80.1 cm³/mol. The van der Waals surface area contributed by atoms with Crippen LogP contribution in [-0.4, -0.2) is 83.5 Å². The van der Waals surface area contributed by atoms with Gasteiger partial charge in [-0.2, -0.15) is 0 Å². The van der Waals surface area contributed by atoms with Gasteiger partial charge in [0.25, 0.3) is 0 Å². The van der Waals surface area contributed by atoms with E-state index in [1.807, 2.05) is 4.90 Å². The molecule has 6 nitrogen and oxygen atoms in total. The van der Waals surface area contributed by atoms with E-state index in [-0.39, 0.29) is 11.8 Å². The normalized spacial score (nSPS) is 29.6. The number of amides is 1. The Morgan fingerprint density at radius 1 is 1.10 bits per heavy atom. The molecule has 2 aliphatic rings. The van der Waals surface area contributed by atoms with E-state index in [2.05, 4.69) is 30.7 Å². The van der Waals surface area contributed by atoms with Crippen molar-refractivity contribution in [1.82, 2.24) is 14.7 Å². The smallest absolute Gasteiger partial charge is 0.306 e. The maximum absolute atomic E-state index is 12.4. The number of likely N-dealkylation sites (tertiary alicyclic amines) is 1. The summed E-state index contributed by atoms with van der Waals surface area (Å²) in [6.45, 7) is 7.82. The van der Waals surface area contributed by atoms with Gasteiger partial charge in [-0.1, -0.05) is 0 Å². The predicted octanol–water partition coefficient (Wildman–Crippen LogP) is 0.334. The van der Waals surface area contributed by atoms with E-state index in [9.17, 15) is 9.59 Å². The monoisotopic (exact) mass is 297 g/mol. The fourth-order valence-electron chi connectivity index (χ4n) is 3.31. The zero-order chi connectivity index (χ0) is 15.6. The number of hydrogen-bond donors (Lipinski definition) is 1. The average molecular weight is 297 g/mol. The zero-order valence-corrected chi connectivity index (χ0v) is 13.3. The minimum atomic E-state index is -0.733. The maximum Gasteiger partial charge on any atom is 0.306 e. The highest BCUT2D eigenvalue weighted by atomic mass is 16.4. The second kappa shape index (κ2) is 6.75. The molecule has 120 valence electrons. The van der Waals surface area contributed by atoms with Gasteiger partial charge in [0.1, 0.15) is 0 Å². The first-order valence-corrected chi connectivity index (χ1v) is 7.83. The van der Waals surface area contributed by atoms with E-state index < -0.39 is 5.97 Å². The number of piperidine rings is 1. The molecule has 2 aliphatic heterocycles. The van der Waals surface area contributed by atoms with Gasteiger partial charge in [0.05, 0.1) is 12.5 Å². The van der Waals surface area contributed by atoms with Gasteiger partial charge in [0, 0.05) is 38.3 Å². The molecule has 2 unspecified atom stereocenters. The van der Waals surface area contributed by atoms with Crippen molar-refractivity contribution >= 4 is 11.9 Å². The third-order valence-corrected chi connectivity index (χ3v) is 4.99. The Hall–Kier alpha value is -1.14. The largest absolute Gasteiger partial charge is 0.481 e. The summed E-state index contributed by atoms with van der Waals surface area (Å²) in [5, 5.41) is 8.99. The molecule has 0 radical (unpaired) electrons. The molecule has 0 aromatic rings. The summed E-state index contributed by atoms with van der Waals surface area (Å²) >= 11 is 0. The van der Waals surface area contributed by atoms with Gasteiger partial charge in [-0.05, 0) is 33.7 Å². The SMILES string of the molecule is CC1CN(CC(=O)N2CCC(C(=O)O)CC2)CC(C)N1C. The van der Waals surface area contributed by atoms with E-state index in [0.717, 1.165) is 13.1 Å². The molecule has 6 heteroatoms. The molecule has 1 N–H and O–H groups in total. The van der Waals surface area contributed by atoms with Crippen molar-refractivity contribution in [3.63, 3.8) is 0 Å². The van der Waals surface area contributed by atoms with Gasteiger partial charge in [0.15, 0.2) is 0 Å². The van der Waals surface area contributed by atoms with Crippen molar-refractivity contribution in [3.8, 4) is 0 Å². The number of carbonyl (C=O) groups is 2. The third kappa shape index (κ3) is 3.95. The number of hydrogen-bond acceptors (Lipinski definition) is 4. The van der Waals surface area contributed by atoms with E-state index in [4.69, 9.17) is 5.11 Å². The molecule has 2 heterocycles. The molecular weight excluding hydrogens is 270 g/mol. The minimum Gasteiger partial charge on any atom is -0.481 e. The number of piperazine rings is 1. The molecule has 2 fully saturated rings. The molecule has 0 aromatic heterocycles. The van der Waals surface area contributed by atoms with Gasteiger partial charge in [-0.15, -0.1) is 0 Å². The Balaban J connectivity index is 1.81. The van der Waals surface area contributed by atoms with Crippen molar-refractivity contribution in [2.45, 2.75) is 38.8 Å². The van der Waals surface area contributed by atoms with Gasteiger partial charge in [0.2, 0.25) is 5.91 Å². The van der Waals surface area contributed by atoms with Gasteiger partial charge in [-0.25, -0.2) is 0 Å². The quantitative estimate of drug-likeness (QED) is 0.813. The lowest BCUT2D eigenvalue weighted by Crippen LogP contribution is -2.57. The average Bonchev–Trinajstić information content (AvgIpc) is 2.44. The first kappa shape index (κ1) is 16.2. The van der Waals surface area contributed by atoms with Gasteiger partial charge >= 0.3 is 5.97 Å². The lowest BCUT2D eigenvalue weighted by molar-refractivity contribution is -0.146. The molecule has 0 aromatic carbocycles. The molecule has 21 heavy (non-hydrogen) atoms. The fraction of sp³-hybridized carbons (Fsp3) is 0.867. The number of nitrogens with zero attached hydrogens (tertiary/aromatic N) is 3. The molecule has 0 bridgehead atoms. The fourth-order valence-corrected chi connectivity index (χ4v) is 3.31. The van der Waals surface area contributed by atoms with Gasteiger partial charge in [-0.3, -0.25) is 19.4 Å². The van der Waals surface area contributed by atoms with Crippen LogP contribution < -0.4 is 0 Å². The van der Waals surface area contributed by atoms with Crippen LogP contribution in [-0.2, 0) is 9.59 Å². The molecule has 2 atom stereocenters. The van der Waals surface area contributed by atoms with E-state index in [1.165, 1.54) is 0 Å². The molecule has 2 rings (SSSR count). The van der Waals surface area contributed by atoms with Crippen molar-refractivity contribution < 1.29 is 14.7 Å². The number of aliphatic carboxylic acids is 1. The second-order valence-electron chi connectivity index (χ2n) is 6.55. The molecule has 0 aliphatic carbocycles. The lowest BCUT2D eigenvalue weighted by Gasteiger charge is -2.42. The summed E-state index contributed by atoms with van der Waals surface area (Å²) in [5.74, 6) is -0.871. The first-order valence-electron chi connectivity index (χ1n) is 7.83. The van der Waals surface area contributed by atoms with Crippen LogP contribution in [0.15, 0.2) is 0 Å². The topological polar surface area (TPSA) is 64.1 Å². The van der Waals surface area contributed by atoms with Crippen molar-refractivity contribution in [2.24, 2.45) is 5.92 Å². The van der Waals surface area contributed by atoms with Crippen LogP contribution in [0.1, 0.15) is 26.7 Å². The Kier molecular flexibility index (Phi) is 5.22. The Labute approximate surface area is 126 Å². The zero-order valence-electron chi connectivity index (χ0n) is 13.3.